The van der Waals surface area contributed by atoms with E-state index in [-0.39, 0.29) is 18.9 Å². The molecule has 114 valence electrons. The second-order valence-corrected chi connectivity index (χ2v) is 4.73. The Labute approximate surface area is 121 Å². The van der Waals surface area contributed by atoms with Gasteiger partial charge in [0, 0.05) is 13.1 Å². The molecule has 0 aromatic rings. The number of carbonyl (C=O) groups excluding carboxylic acids is 2. The Balaban J connectivity index is 4.54. The van der Waals surface area contributed by atoms with Gasteiger partial charge in [-0.1, -0.05) is 26.7 Å². The lowest BCUT2D eigenvalue weighted by Gasteiger charge is -2.23. The topological polar surface area (TPSA) is 70.4 Å². The van der Waals surface area contributed by atoms with Gasteiger partial charge in [0.15, 0.2) is 5.92 Å². The maximum Gasteiger partial charge on any atom is 0.323 e. The number of carbonyl (C=O) groups is 2. The van der Waals surface area contributed by atoms with Crippen LogP contribution in [0.2, 0.25) is 0 Å². The quantitative estimate of drug-likeness (QED) is 0.577. The zero-order valence-electron chi connectivity index (χ0n) is 12.9. The molecule has 0 aliphatic rings. The molecular weight excluding hydrogens is 256 g/mol. The summed E-state index contributed by atoms with van der Waals surface area (Å²) in [7, 11) is 0. The first-order chi connectivity index (χ1) is 9.60. The largest absolute Gasteiger partial charge is 0.465 e. The van der Waals surface area contributed by atoms with Crippen LogP contribution in [0.15, 0.2) is 0 Å². The van der Waals surface area contributed by atoms with Crippen molar-refractivity contribution in [2.24, 2.45) is 5.92 Å². The fraction of sp³-hybridized carbons (Fsp3) is 0.800. The van der Waals surface area contributed by atoms with Crippen molar-refractivity contribution in [2.75, 3.05) is 19.7 Å². The molecule has 5 nitrogen and oxygen atoms in total. The summed E-state index contributed by atoms with van der Waals surface area (Å²) in [6.07, 6.45) is 3.81. The van der Waals surface area contributed by atoms with Gasteiger partial charge < -0.3 is 9.64 Å². The molecule has 1 atom stereocenters. The Morgan fingerprint density at radius 2 is 1.70 bits per heavy atom. The number of unbranched alkanes of at least 4 members (excludes halogenated alkanes) is 2. The summed E-state index contributed by atoms with van der Waals surface area (Å²) in [6.45, 7) is 7.43. The van der Waals surface area contributed by atoms with E-state index in [1.54, 1.807) is 11.8 Å². The molecule has 0 bridgehead atoms. The molecule has 1 unspecified atom stereocenters. The standard InChI is InChI=1S/C15H26N2O3/c1-4-7-9-17(10-8-5-2)14(18)11-13(12-16)15(19)20-6-3/h13H,4-11H2,1-3H3. The van der Waals surface area contributed by atoms with Gasteiger partial charge >= 0.3 is 5.97 Å². The lowest BCUT2D eigenvalue weighted by atomic mass is 10.1. The van der Waals surface area contributed by atoms with Crippen LogP contribution < -0.4 is 0 Å². The van der Waals surface area contributed by atoms with Crippen LogP contribution in [-0.2, 0) is 14.3 Å². The monoisotopic (exact) mass is 282 g/mol. The molecule has 5 heteroatoms. The van der Waals surface area contributed by atoms with Gasteiger partial charge in [0.1, 0.15) is 0 Å². The van der Waals surface area contributed by atoms with Crippen molar-refractivity contribution in [1.82, 2.24) is 4.90 Å². The van der Waals surface area contributed by atoms with E-state index in [2.05, 4.69) is 13.8 Å². The Morgan fingerprint density at radius 1 is 1.15 bits per heavy atom. The maximum absolute atomic E-state index is 12.2. The number of ether oxygens (including phenoxy) is 1. The average Bonchev–Trinajstić information content (AvgIpc) is 2.44. The van der Waals surface area contributed by atoms with Gasteiger partial charge in [-0.05, 0) is 19.8 Å². The number of esters is 1. The van der Waals surface area contributed by atoms with Gasteiger partial charge in [0.25, 0.3) is 0 Å². The number of rotatable bonds is 10. The van der Waals surface area contributed by atoms with Crippen molar-refractivity contribution in [3.63, 3.8) is 0 Å². The number of hydrogen-bond donors (Lipinski definition) is 0. The number of hydrogen-bond acceptors (Lipinski definition) is 4. The van der Waals surface area contributed by atoms with E-state index in [1.807, 2.05) is 6.07 Å². The average molecular weight is 282 g/mol. The smallest absolute Gasteiger partial charge is 0.323 e. The van der Waals surface area contributed by atoms with E-state index < -0.39 is 11.9 Å². The van der Waals surface area contributed by atoms with Gasteiger partial charge in [-0.3, -0.25) is 9.59 Å². The fourth-order valence-corrected chi connectivity index (χ4v) is 1.79. The Hall–Kier alpha value is -1.57. The van der Waals surface area contributed by atoms with Crippen LogP contribution >= 0.6 is 0 Å². The van der Waals surface area contributed by atoms with E-state index >= 15 is 0 Å². The van der Waals surface area contributed by atoms with E-state index in [0.29, 0.717) is 13.1 Å². The molecule has 0 aromatic carbocycles. The zero-order chi connectivity index (χ0) is 15.4. The van der Waals surface area contributed by atoms with Gasteiger partial charge in [0.05, 0.1) is 19.1 Å². The lowest BCUT2D eigenvalue weighted by molar-refractivity contribution is -0.149. The summed E-state index contributed by atoms with van der Waals surface area (Å²) in [5, 5.41) is 8.98. The molecule has 0 fully saturated rings. The first-order valence-electron chi connectivity index (χ1n) is 7.44. The summed E-state index contributed by atoms with van der Waals surface area (Å²) in [6, 6.07) is 1.86. The molecule has 0 N–H and O–H groups in total. The summed E-state index contributed by atoms with van der Waals surface area (Å²) in [5.74, 6) is -1.73. The van der Waals surface area contributed by atoms with Crippen LogP contribution in [0.5, 0.6) is 0 Å². The van der Waals surface area contributed by atoms with Crippen LogP contribution in [0.1, 0.15) is 52.9 Å². The molecule has 0 saturated heterocycles. The van der Waals surface area contributed by atoms with Crippen molar-refractivity contribution in [2.45, 2.75) is 52.9 Å². The zero-order valence-corrected chi connectivity index (χ0v) is 12.9. The maximum atomic E-state index is 12.2. The SMILES string of the molecule is CCCCN(CCCC)C(=O)CC(C#N)C(=O)OCC. The predicted octanol–water partition coefficient (Wildman–Crippen LogP) is 2.51. The predicted molar refractivity (Wildman–Crippen MR) is 76.7 cm³/mol. The van der Waals surface area contributed by atoms with Crippen molar-refractivity contribution >= 4 is 11.9 Å². The van der Waals surface area contributed by atoms with E-state index in [4.69, 9.17) is 10.00 Å². The molecule has 0 saturated carbocycles. The van der Waals surface area contributed by atoms with Crippen LogP contribution in [0.4, 0.5) is 0 Å². The normalized spacial score (nSPS) is 11.5. The van der Waals surface area contributed by atoms with Crippen LogP contribution in [-0.4, -0.2) is 36.5 Å². The van der Waals surface area contributed by atoms with Crippen molar-refractivity contribution in [1.29, 1.82) is 5.26 Å². The van der Waals surface area contributed by atoms with Gasteiger partial charge in [0.2, 0.25) is 5.91 Å². The highest BCUT2D eigenvalue weighted by atomic mass is 16.5. The Bertz CT molecular complexity index is 329. The van der Waals surface area contributed by atoms with Crippen molar-refractivity contribution < 1.29 is 14.3 Å². The van der Waals surface area contributed by atoms with Crippen LogP contribution in [0.25, 0.3) is 0 Å². The summed E-state index contributed by atoms with van der Waals surface area (Å²) in [5.41, 5.74) is 0. The number of amides is 1. The first kappa shape index (κ1) is 18.4. The third-order valence-corrected chi connectivity index (χ3v) is 3.02. The minimum Gasteiger partial charge on any atom is -0.465 e. The molecule has 20 heavy (non-hydrogen) atoms. The van der Waals surface area contributed by atoms with Gasteiger partial charge in [-0.15, -0.1) is 0 Å². The van der Waals surface area contributed by atoms with Crippen molar-refractivity contribution in [3.05, 3.63) is 0 Å². The first-order valence-corrected chi connectivity index (χ1v) is 7.44. The van der Waals surface area contributed by atoms with E-state index in [0.717, 1.165) is 25.7 Å². The van der Waals surface area contributed by atoms with Gasteiger partial charge in [-0.2, -0.15) is 5.26 Å². The minimum absolute atomic E-state index is 0.0806. The summed E-state index contributed by atoms with van der Waals surface area (Å²) < 4.78 is 4.81. The summed E-state index contributed by atoms with van der Waals surface area (Å²) >= 11 is 0. The highest BCUT2D eigenvalue weighted by Crippen LogP contribution is 2.10. The van der Waals surface area contributed by atoms with E-state index in [9.17, 15) is 9.59 Å². The fourth-order valence-electron chi connectivity index (χ4n) is 1.79. The molecule has 0 aliphatic heterocycles. The Morgan fingerprint density at radius 3 is 2.10 bits per heavy atom. The number of nitrogens with zero attached hydrogens (tertiary/aromatic N) is 2. The summed E-state index contributed by atoms with van der Waals surface area (Å²) in [4.78, 5) is 25.5. The molecule has 0 radical (unpaired) electrons. The van der Waals surface area contributed by atoms with Crippen molar-refractivity contribution in [3.8, 4) is 6.07 Å². The minimum atomic E-state index is -0.992. The third-order valence-electron chi connectivity index (χ3n) is 3.02. The second-order valence-electron chi connectivity index (χ2n) is 4.73. The van der Waals surface area contributed by atoms with Crippen LogP contribution in [0.3, 0.4) is 0 Å². The van der Waals surface area contributed by atoms with Gasteiger partial charge in [-0.25, -0.2) is 0 Å². The molecule has 0 aliphatic carbocycles. The van der Waals surface area contributed by atoms with Crippen LogP contribution in [0, 0.1) is 17.2 Å². The lowest BCUT2D eigenvalue weighted by Crippen LogP contribution is -2.35. The second kappa shape index (κ2) is 11.3. The molecule has 0 rings (SSSR count). The highest BCUT2D eigenvalue weighted by Gasteiger charge is 2.25. The Kier molecular flexibility index (Phi) is 10.4. The molecule has 0 heterocycles. The third kappa shape index (κ3) is 7.13. The molecule has 0 aromatic heterocycles. The molecule has 1 amide bonds. The van der Waals surface area contributed by atoms with E-state index in [1.165, 1.54) is 0 Å². The highest BCUT2D eigenvalue weighted by molar-refractivity contribution is 5.84. The molecular formula is C15H26N2O3. The molecule has 0 spiro atoms. The number of nitriles is 1.